The van der Waals surface area contributed by atoms with Gasteiger partial charge in [-0.05, 0) is 81.8 Å². The summed E-state index contributed by atoms with van der Waals surface area (Å²) in [5.74, 6) is 0.555. The molecule has 0 saturated heterocycles. The molecule has 5 heteroatoms. The van der Waals surface area contributed by atoms with Crippen LogP contribution < -0.4 is 4.90 Å². The van der Waals surface area contributed by atoms with Gasteiger partial charge in [0.1, 0.15) is 0 Å². The van der Waals surface area contributed by atoms with Crippen LogP contribution in [-0.4, -0.2) is 35.2 Å². The Bertz CT molecular complexity index is 730. The number of carbonyl (C=O) groups excluding carboxylic acids is 2. The van der Waals surface area contributed by atoms with Crippen LogP contribution in [0.4, 0.5) is 5.69 Å². The smallest absolute Gasteiger partial charge is 0.306 e. The van der Waals surface area contributed by atoms with E-state index >= 15 is 0 Å². The number of hydrogen-bond donors (Lipinski definition) is 1. The van der Waals surface area contributed by atoms with Crippen LogP contribution in [0.15, 0.2) is 30.3 Å². The molecule has 0 spiro atoms. The number of nitrogens with zero attached hydrogens (tertiary/aromatic N) is 1. The lowest BCUT2D eigenvalue weighted by Crippen LogP contribution is -2.56. The highest BCUT2D eigenvalue weighted by molar-refractivity contribution is 5.95. The molecule has 0 aromatic heterocycles. The van der Waals surface area contributed by atoms with Gasteiger partial charge in [0.25, 0.3) is 5.91 Å². The molecule has 0 heterocycles. The lowest BCUT2D eigenvalue weighted by Gasteiger charge is -2.60. The Morgan fingerprint density at radius 3 is 2.36 bits per heavy atom. The number of anilines is 1. The lowest BCUT2D eigenvalue weighted by atomic mass is 9.47. The number of amides is 1. The van der Waals surface area contributed by atoms with E-state index < -0.39 is 5.60 Å². The van der Waals surface area contributed by atoms with E-state index in [-0.39, 0.29) is 29.9 Å². The van der Waals surface area contributed by atoms with E-state index in [1.165, 1.54) is 6.42 Å². The van der Waals surface area contributed by atoms with E-state index in [2.05, 4.69) is 0 Å². The first kappa shape index (κ1) is 19.4. The summed E-state index contributed by atoms with van der Waals surface area (Å²) in [5.41, 5.74) is 0.0970. The zero-order chi connectivity index (χ0) is 19.9. The Hall–Kier alpha value is -1.88. The third-order valence-electron chi connectivity index (χ3n) is 6.85. The maximum absolute atomic E-state index is 12.7. The van der Waals surface area contributed by atoms with Crippen molar-refractivity contribution in [1.82, 2.24) is 0 Å². The Kier molecular flexibility index (Phi) is 4.98. The molecule has 4 bridgehead atoms. The number of aliphatic hydroxyl groups is 1. The molecule has 5 rings (SSSR count). The molecular formula is C23H31NO4. The highest BCUT2D eigenvalue weighted by Crippen LogP contribution is 2.62. The highest BCUT2D eigenvalue weighted by atomic mass is 16.5. The molecule has 4 aliphatic carbocycles. The Morgan fingerprint density at radius 1 is 1.14 bits per heavy atom. The van der Waals surface area contributed by atoms with E-state index in [9.17, 15) is 14.7 Å². The molecule has 28 heavy (non-hydrogen) atoms. The summed E-state index contributed by atoms with van der Waals surface area (Å²) in [6.45, 7) is 3.66. The summed E-state index contributed by atoms with van der Waals surface area (Å²) < 4.78 is 5.42. The van der Waals surface area contributed by atoms with Crippen LogP contribution in [-0.2, 0) is 14.3 Å². The van der Waals surface area contributed by atoms with E-state index in [0.29, 0.717) is 24.7 Å². The van der Waals surface area contributed by atoms with Gasteiger partial charge in [-0.15, -0.1) is 0 Å². The second kappa shape index (κ2) is 7.18. The second-order valence-corrected chi connectivity index (χ2v) is 9.72. The zero-order valence-corrected chi connectivity index (χ0v) is 16.9. The first-order chi connectivity index (χ1) is 13.3. The maximum atomic E-state index is 12.7. The molecule has 1 amide bonds. The van der Waals surface area contributed by atoms with Gasteiger partial charge >= 0.3 is 5.97 Å². The van der Waals surface area contributed by atoms with Gasteiger partial charge < -0.3 is 14.7 Å². The van der Waals surface area contributed by atoms with Crippen LogP contribution in [0.3, 0.4) is 0 Å². The van der Waals surface area contributed by atoms with Gasteiger partial charge in [0.2, 0.25) is 0 Å². The number of hydrogen-bond acceptors (Lipinski definition) is 4. The van der Waals surface area contributed by atoms with Gasteiger partial charge in [0.15, 0.2) is 6.61 Å². The van der Waals surface area contributed by atoms with E-state index in [1.807, 2.05) is 44.2 Å². The molecule has 5 nitrogen and oxygen atoms in total. The van der Waals surface area contributed by atoms with Crippen molar-refractivity contribution in [2.75, 3.05) is 11.5 Å². The predicted octanol–water partition coefficient (Wildman–Crippen LogP) is 3.69. The quantitative estimate of drug-likeness (QED) is 0.759. The van der Waals surface area contributed by atoms with Crippen LogP contribution in [0.5, 0.6) is 0 Å². The monoisotopic (exact) mass is 385 g/mol. The molecule has 4 atom stereocenters. The normalized spacial score (nSPS) is 33.1. The first-order valence-corrected chi connectivity index (χ1v) is 10.5. The molecule has 4 aliphatic rings. The van der Waals surface area contributed by atoms with Crippen LogP contribution in [0.1, 0.15) is 58.8 Å². The molecule has 4 fully saturated rings. The Balaban J connectivity index is 1.36. The van der Waals surface area contributed by atoms with Crippen LogP contribution in [0.2, 0.25) is 0 Å². The van der Waals surface area contributed by atoms with Crippen LogP contribution in [0.25, 0.3) is 0 Å². The summed E-state index contributed by atoms with van der Waals surface area (Å²) in [4.78, 5) is 27.0. The van der Waals surface area contributed by atoms with Crippen molar-refractivity contribution in [3.8, 4) is 0 Å². The topological polar surface area (TPSA) is 66.8 Å². The van der Waals surface area contributed by atoms with Gasteiger partial charge in [-0.2, -0.15) is 0 Å². The molecule has 0 aliphatic heterocycles. The summed E-state index contributed by atoms with van der Waals surface area (Å²) in [6, 6.07) is 9.44. The fraction of sp³-hybridized carbons (Fsp3) is 0.652. The van der Waals surface area contributed by atoms with Gasteiger partial charge in [-0.25, -0.2) is 0 Å². The Labute approximate surface area is 167 Å². The molecule has 1 aromatic carbocycles. The fourth-order valence-electron chi connectivity index (χ4n) is 6.50. The summed E-state index contributed by atoms with van der Waals surface area (Å²) in [5, 5.41) is 10.8. The Morgan fingerprint density at radius 2 is 1.79 bits per heavy atom. The maximum Gasteiger partial charge on any atom is 0.306 e. The fourth-order valence-corrected chi connectivity index (χ4v) is 6.50. The third-order valence-corrected chi connectivity index (χ3v) is 6.85. The minimum atomic E-state index is -0.581. The average Bonchev–Trinajstić information content (AvgIpc) is 2.58. The molecule has 1 aromatic rings. The van der Waals surface area contributed by atoms with Crippen LogP contribution in [0, 0.1) is 17.3 Å². The molecule has 1 N–H and O–H groups in total. The van der Waals surface area contributed by atoms with Gasteiger partial charge in [0.05, 0.1) is 12.0 Å². The first-order valence-electron chi connectivity index (χ1n) is 10.5. The number of benzene rings is 1. The van der Waals surface area contributed by atoms with Crippen molar-refractivity contribution < 1.29 is 19.4 Å². The summed E-state index contributed by atoms with van der Waals surface area (Å²) in [7, 11) is 0. The number of ether oxygens (including phenoxy) is 1. The van der Waals surface area contributed by atoms with Gasteiger partial charge in [0, 0.05) is 11.7 Å². The molecule has 2 unspecified atom stereocenters. The van der Waals surface area contributed by atoms with E-state index in [0.717, 1.165) is 31.4 Å². The average molecular weight is 386 g/mol. The predicted molar refractivity (Wildman–Crippen MR) is 107 cm³/mol. The zero-order valence-electron chi connectivity index (χ0n) is 16.9. The summed E-state index contributed by atoms with van der Waals surface area (Å²) in [6.07, 6.45) is 6.02. The molecule has 152 valence electrons. The minimum Gasteiger partial charge on any atom is -0.456 e. The molecular weight excluding hydrogens is 354 g/mol. The summed E-state index contributed by atoms with van der Waals surface area (Å²) >= 11 is 0. The van der Waals surface area contributed by atoms with Crippen molar-refractivity contribution in [2.24, 2.45) is 17.3 Å². The number of esters is 1. The largest absolute Gasteiger partial charge is 0.456 e. The van der Waals surface area contributed by atoms with Crippen molar-refractivity contribution in [3.05, 3.63) is 30.3 Å². The molecule has 4 saturated carbocycles. The minimum absolute atomic E-state index is 0.0222. The molecule has 0 radical (unpaired) electrons. The van der Waals surface area contributed by atoms with Gasteiger partial charge in [-0.1, -0.05) is 18.2 Å². The number of rotatable bonds is 6. The van der Waals surface area contributed by atoms with Crippen LogP contribution >= 0.6 is 0 Å². The van der Waals surface area contributed by atoms with Crippen molar-refractivity contribution in [2.45, 2.75) is 70.4 Å². The number of carbonyl (C=O) groups is 2. The highest BCUT2D eigenvalue weighted by Gasteiger charge is 2.57. The van der Waals surface area contributed by atoms with Crippen molar-refractivity contribution in [1.29, 1.82) is 0 Å². The SMILES string of the molecule is CC(C)N(C(=O)COC(=O)CC12C[C@@H]3C[C@@H](CC(O)(C3)C1)C2)c1ccccc1. The third kappa shape index (κ3) is 3.82. The standard InChI is InChI=1S/C23H31NO4/c1-16(2)24(19-6-4-3-5-7-19)20(25)14-28-21(26)13-22-9-17-8-18(10-22)12-23(27,11-17)15-22/h3-7,16-18,27H,8-15H2,1-2H3/t17-,18+,22?,23?. The van der Waals surface area contributed by atoms with Crippen molar-refractivity contribution in [3.63, 3.8) is 0 Å². The lowest BCUT2D eigenvalue weighted by molar-refractivity contribution is -0.177. The van der Waals surface area contributed by atoms with Gasteiger partial charge in [-0.3, -0.25) is 9.59 Å². The van der Waals surface area contributed by atoms with Crippen molar-refractivity contribution >= 4 is 17.6 Å². The number of para-hydroxylation sites is 1. The second-order valence-electron chi connectivity index (χ2n) is 9.72. The van der Waals surface area contributed by atoms with E-state index in [4.69, 9.17) is 4.74 Å². The van der Waals surface area contributed by atoms with E-state index in [1.54, 1.807) is 4.90 Å².